The van der Waals surface area contributed by atoms with Gasteiger partial charge in [0.15, 0.2) is 5.65 Å². The number of carbonyl (C=O) groups is 1. The highest BCUT2D eigenvalue weighted by molar-refractivity contribution is 5.74. The molecule has 2 aliphatic rings. The van der Waals surface area contributed by atoms with Gasteiger partial charge in [0.1, 0.15) is 6.61 Å². The first-order valence-corrected chi connectivity index (χ1v) is 9.27. The molecule has 2 unspecified atom stereocenters. The van der Waals surface area contributed by atoms with Crippen molar-refractivity contribution in [2.45, 2.75) is 38.0 Å². The van der Waals surface area contributed by atoms with Gasteiger partial charge in [-0.05, 0) is 30.4 Å². The van der Waals surface area contributed by atoms with Crippen LogP contribution in [0.1, 0.15) is 30.4 Å². The van der Waals surface area contributed by atoms with E-state index in [4.69, 9.17) is 4.74 Å². The standard InChI is InChI=1S/C21H20N4O2/c26-21(27-14-15-4-2-1-3-5-15)25-18-6-7-19(25)11-16(10-18)17-12-22-20-8-9-23-24(20)13-17/h1-5,8-10,12-13,18-19H,6-7,11,14H2. The van der Waals surface area contributed by atoms with Crippen LogP contribution in [0.3, 0.4) is 0 Å². The van der Waals surface area contributed by atoms with Gasteiger partial charge in [-0.2, -0.15) is 5.10 Å². The molecule has 1 aromatic carbocycles. The number of amides is 1. The summed E-state index contributed by atoms with van der Waals surface area (Å²) < 4.78 is 7.36. The molecular formula is C21H20N4O2. The van der Waals surface area contributed by atoms with E-state index in [0.717, 1.165) is 36.0 Å². The molecule has 2 bridgehead atoms. The van der Waals surface area contributed by atoms with Gasteiger partial charge in [-0.3, -0.25) is 4.90 Å². The third kappa shape index (κ3) is 2.97. The predicted molar refractivity (Wildman–Crippen MR) is 101 cm³/mol. The van der Waals surface area contributed by atoms with Gasteiger partial charge >= 0.3 is 6.09 Å². The molecule has 2 atom stereocenters. The first kappa shape index (κ1) is 16.1. The Kier molecular flexibility index (Phi) is 3.89. The number of hydrogen-bond acceptors (Lipinski definition) is 4. The molecule has 136 valence electrons. The number of nitrogens with zero attached hydrogens (tertiary/aromatic N) is 4. The normalized spacial score (nSPS) is 21.3. The lowest BCUT2D eigenvalue weighted by atomic mass is 9.97. The second kappa shape index (κ2) is 6.54. The van der Waals surface area contributed by atoms with Gasteiger partial charge in [-0.15, -0.1) is 0 Å². The number of fused-ring (bicyclic) bond motifs is 3. The number of carbonyl (C=O) groups excluding carboxylic acids is 1. The van der Waals surface area contributed by atoms with Crippen LogP contribution in [0.25, 0.3) is 11.2 Å². The molecule has 4 heterocycles. The van der Waals surface area contributed by atoms with Crippen molar-refractivity contribution in [2.75, 3.05) is 0 Å². The third-order valence-electron chi connectivity index (χ3n) is 5.43. The Hall–Kier alpha value is -3.15. The van der Waals surface area contributed by atoms with E-state index in [1.807, 2.05) is 53.7 Å². The van der Waals surface area contributed by atoms with E-state index in [9.17, 15) is 4.79 Å². The molecule has 5 rings (SSSR count). The number of ether oxygens (including phenoxy) is 1. The minimum Gasteiger partial charge on any atom is -0.445 e. The summed E-state index contributed by atoms with van der Waals surface area (Å²) in [5.41, 5.74) is 4.15. The molecule has 2 aromatic heterocycles. The van der Waals surface area contributed by atoms with Gasteiger partial charge in [0, 0.05) is 30.1 Å². The summed E-state index contributed by atoms with van der Waals surface area (Å²) in [5, 5.41) is 4.27. The van der Waals surface area contributed by atoms with Crippen LogP contribution >= 0.6 is 0 Å². The molecule has 0 saturated carbocycles. The summed E-state index contributed by atoms with van der Waals surface area (Å²) in [6.07, 6.45) is 10.4. The molecule has 3 aromatic rings. The van der Waals surface area contributed by atoms with Crippen molar-refractivity contribution in [3.8, 4) is 0 Å². The monoisotopic (exact) mass is 360 g/mol. The zero-order valence-electron chi connectivity index (χ0n) is 14.9. The average molecular weight is 360 g/mol. The molecule has 1 saturated heterocycles. The smallest absolute Gasteiger partial charge is 0.410 e. The van der Waals surface area contributed by atoms with Crippen LogP contribution in [-0.2, 0) is 11.3 Å². The molecule has 0 radical (unpaired) electrons. The summed E-state index contributed by atoms with van der Waals surface area (Å²) in [5.74, 6) is 0. The minimum absolute atomic E-state index is 0.0929. The fourth-order valence-corrected chi connectivity index (χ4v) is 4.10. The van der Waals surface area contributed by atoms with Gasteiger partial charge in [0.2, 0.25) is 0 Å². The molecule has 6 nitrogen and oxygen atoms in total. The summed E-state index contributed by atoms with van der Waals surface area (Å²) in [6, 6.07) is 12.0. The van der Waals surface area contributed by atoms with Crippen molar-refractivity contribution in [3.63, 3.8) is 0 Å². The maximum absolute atomic E-state index is 12.7. The van der Waals surface area contributed by atoms with Crippen molar-refractivity contribution >= 4 is 17.3 Å². The number of benzene rings is 1. The molecule has 27 heavy (non-hydrogen) atoms. The van der Waals surface area contributed by atoms with Crippen molar-refractivity contribution in [1.29, 1.82) is 0 Å². The van der Waals surface area contributed by atoms with E-state index in [1.54, 1.807) is 10.7 Å². The number of aromatic nitrogens is 3. The van der Waals surface area contributed by atoms with Crippen LogP contribution in [0.2, 0.25) is 0 Å². The van der Waals surface area contributed by atoms with Gasteiger partial charge in [-0.1, -0.05) is 36.4 Å². The highest BCUT2D eigenvalue weighted by Crippen LogP contribution is 2.38. The van der Waals surface area contributed by atoms with Gasteiger partial charge in [-0.25, -0.2) is 14.3 Å². The molecule has 0 spiro atoms. The lowest BCUT2D eigenvalue weighted by Crippen LogP contribution is -2.43. The zero-order valence-corrected chi connectivity index (χ0v) is 14.9. The van der Waals surface area contributed by atoms with Crippen molar-refractivity contribution in [1.82, 2.24) is 19.5 Å². The Morgan fingerprint density at radius 2 is 2.07 bits per heavy atom. The molecule has 0 N–H and O–H groups in total. The van der Waals surface area contributed by atoms with E-state index in [0.29, 0.717) is 6.61 Å². The molecular weight excluding hydrogens is 340 g/mol. The van der Waals surface area contributed by atoms with E-state index in [-0.39, 0.29) is 18.2 Å². The SMILES string of the molecule is O=C(OCc1ccccc1)N1C2C=C(c3cnc4ccnn4c3)CC1CC2. The quantitative estimate of drug-likeness (QED) is 0.715. The Bertz CT molecular complexity index is 1010. The van der Waals surface area contributed by atoms with Crippen LogP contribution in [-0.4, -0.2) is 37.7 Å². The van der Waals surface area contributed by atoms with Gasteiger partial charge in [0.25, 0.3) is 0 Å². The Morgan fingerprint density at radius 1 is 1.19 bits per heavy atom. The minimum atomic E-state index is -0.220. The van der Waals surface area contributed by atoms with Crippen LogP contribution in [0, 0.1) is 0 Å². The maximum atomic E-state index is 12.7. The zero-order chi connectivity index (χ0) is 18.2. The highest BCUT2D eigenvalue weighted by Gasteiger charge is 2.40. The molecule has 1 amide bonds. The summed E-state index contributed by atoms with van der Waals surface area (Å²) >= 11 is 0. The lowest BCUT2D eigenvalue weighted by Gasteiger charge is -2.33. The molecule has 1 fully saturated rings. The van der Waals surface area contributed by atoms with Gasteiger partial charge < -0.3 is 4.74 Å². The lowest BCUT2D eigenvalue weighted by molar-refractivity contribution is 0.0832. The molecule has 2 aliphatic heterocycles. The van der Waals surface area contributed by atoms with Crippen LogP contribution in [0.5, 0.6) is 0 Å². The van der Waals surface area contributed by atoms with Crippen molar-refractivity contribution in [2.24, 2.45) is 0 Å². The summed E-state index contributed by atoms with van der Waals surface area (Å²) in [7, 11) is 0. The highest BCUT2D eigenvalue weighted by atomic mass is 16.6. The van der Waals surface area contributed by atoms with Crippen LogP contribution in [0.15, 0.2) is 61.1 Å². The first-order chi connectivity index (χ1) is 13.3. The Labute approximate surface area is 157 Å². The Balaban J connectivity index is 1.33. The maximum Gasteiger partial charge on any atom is 0.410 e. The fourth-order valence-electron chi connectivity index (χ4n) is 4.10. The van der Waals surface area contributed by atoms with Crippen molar-refractivity contribution < 1.29 is 9.53 Å². The molecule has 0 aliphatic carbocycles. The van der Waals surface area contributed by atoms with E-state index < -0.39 is 0 Å². The van der Waals surface area contributed by atoms with Crippen LogP contribution < -0.4 is 0 Å². The van der Waals surface area contributed by atoms with E-state index in [1.165, 1.54) is 5.57 Å². The predicted octanol–water partition coefficient (Wildman–Crippen LogP) is 3.69. The van der Waals surface area contributed by atoms with Crippen molar-refractivity contribution in [3.05, 3.63) is 72.2 Å². The fraction of sp³-hybridized carbons (Fsp3) is 0.286. The molecule has 6 heteroatoms. The van der Waals surface area contributed by atoms with E-state index in [2.05, 4.69) is 16.2 Å². The van der Waals surface area contributed by atoms with Gasteiger partial charge in [0.05, 0.1) is 12.2 Å². The average Bonchev–Trinajstić information content (AvgIpc) is 3.28. The largest absolute Gasteiger partial charge is 0.445 e. The first-order valence-electron chi connectivity index (χ1n) is 9.27. The number of hydrogen-bond donors (Lipinski definition) is 0. The number of rotatable bonds is 3. The summed E-state index contributed by atoms with van der Waals surface area (Å²) in [6.45, 7) is 0.312. The van der Waals surface area contributed by atoms with Crippen LogP contribution in [0.4, 0.5) is 4.79 Å². The summed E-state index contributed by atoms with van der Waals surface area (Å²) in [4.78, 5) is 19.0. The second-order valence-corrected chi connectivity index (χ2v) is 7.12. The topological polar surface area (TPSA) is 59.7 Å². The third-order valence-corrected chi connectivity index (χ3v) is 5.43. The Morgan fingerprint density at radius 3 is 2.93 bits per heavy atom. The second-order valence-electron chi connectivity index (χ2n) is 7.12. The van der Waals surface area contributed by atoms with E-state index >= 15 is 0 Å².